The van der Waals surface area contributed by atoms with Gasteiger partial charge in [-0.25, -0.2) is 9.59 Å². The van der Waals surface area contributed by atoms with Gasteiger partial charge in [-0.15, -0.1) is 0 Å². The Morgan fingerprint density at radius 2 is 1.89 bits per heavy atom. The fourth-order valence-electron chi connectivity index (χ4n) is 3.71. The number of methoxy groups -OCH3 is 1. The lowest BCUT2D eigenvalue weighted by atomic mass is 9.93. The summed E-state index contributed by atoms with van der Waals surface area (Å²) in [7, 11) is 1.36. The van der Waals surface area contributed by atoms with Gasteiger partial charge in [-0.05, 0) is 44.4 Å². The Morgan fingerprint density at radius 3 is 2.46 bits per heavy atom. The highest BCUT2D eigenvalue weighted by Gasteiger charge is 2.36. The third-order valence-corrected chi connectivity index (χ3v) is 5.38. The fourth-order valence-corrected chi connectivity index (χ4v) is 3.71. The number of urea groups is 1. The number of hydrogen-bond donors (Lipinski definition) is 2. The average molecular weight is 484 g/mol. The van der Waals surface area contributed by atoms with Crippen molar-refractivity contribution in [1.29, 1.82) is 0 Å². The predicted octanol–water partition coefficient (Wildman–Crippen LogP) is 4.46. The van der Waals surface area contributed by atoms with Crippen molar-refractivity contribution >= 4 is 17.7 Å². The topological polar surface area (TPSA) is 129 Å². The van der Waals surface area contributed by atoms with E-state index in [1.165, 1.54) is 19.2 Å². The molecule has 2 aromatic rings. The van der Waals surface area contributed by atoms with E-state index < -0.39 is 29.1 Å². The Labute approximate surface area is 203 Å². The zero-order valence-corrected chi connectivity index (χ0v) is 20.3. The Kier molecular flexibility index (Phi) is 7.95. The van der Waals surface area contributed by atoms with Gasteiger partial charge in [0, 0.05) is 11.8 Å². The van der Waals surface area contributed by atoms with Crippen LogP contribution in [0.4, 0.5) is 10.5 Å². The molecular weight excluding hydrogens is 454 g/mol. The Morgan fingerprint density at radius 1 is 1.20 bits per heavy atom. The van der Waals surface area contributed by atoms with Crippen LogP contribution in [-0.2, 0) is 16.1 Å². The molecule has 0 aromatic heterocycles. The number of rotatable bonds is 9. The number of amides is 2. The van der Waals surface area contributed by atoms with Crippen molar-refractivity contribution in [2.24, 2.45) is 0 Å². The molecule has 1 aliphatic rings. The number of nitro groups is 1. The van der Waals surface area contributed by atoms with E-state index in [9.17, 15) is 19.7 Å². The molecule has 10 heteroatoms. The van der Waals surface area contributed by atoms with Crippen LogP contribution in [0, 0.1) is 17.0 Å². The first-order chi connectivity index (χ1) is 16.6. The van der Waals surface area contributed by atoms with Crippen LogP contribution in [0.5, 0.6) is 11.5 Å². The Balaban J connectivity index is 2.07. The zero-order chi connectivity index (χ0) is 25.7. The summed E-state index contributed by atoms with van der Waals surface area (Å²) < 4.78 is 16.6. The summed E-state index contributed by atoms with van der Waals surface area (Å²) >= 11 is 0. The van der Waals surface area contributed by atoms with Gasteiger partial charge in [0.05, 0.1) is 29.8 Å². The molecule has 2 amide bonds. The number of carbonyl (C=O) groups is 2. The monoisotopic (exact) mass is 483 g/mol. The Hall–Kier alpha value is -4.08. The maximum Gasteiger partial charge on any atom is 0.338 e. The second-order valence-corrected chi connectivity index (χ2v) is 8.33. The van der Waals surface area contributed by atoms with Crippen LogP contribution in [0.2, 0.25) is 0 Å². The summed E-state index contributed by atoms with van der Waals surface area (Å²) in [6.45, 7) is 7.25. The molecule has 35 heavy (non-hydrogen) atoms. The molecule has 0 saturated heterocycles. The largest absolute Gasteiger partial charge is 0.493 e. The minimum Gasteiger partial charge on any atom is -0.493 e. The van der Waals surface area contributed by atoms with Gasteiger partial charge in [0.15, 0.2) is 5.75 Å². The molecule has 2 N–H and O–H groups in total. The van der Waals surface area contributed by atoms with Crippen LogP contribution >= 0.6 is 0 Å². The van der Waals surface area contributed by atoms with E-state index in [-0.39, 0.29) is 34.9 Å². The van der Waals surface area contributed by atoms with Crippen molar-refractivity contribution < 1.29 is 28.7 Å². The first kappa shape index (κ1) is 25.5. The standard InChI is InChI=1S/C25H29N3O7/c1-6-18-21(24(29)35-14(2)3)22(27-25(30)26-18)17-11-19(28(31)32)23(20(12-17)33-5)34-13-16-9-7-15(4)8-10-16/h7-12,14,22H,6,13H2,1-5H3,(H2,26,27,30). The van der Waals surface area contributed by atoms with Crippen LogP contribution < -0.4 is 20.1 Å². The summed E-state index contributed by atoms with van der Waals surface area (Å²) in [5, 5.41) is 17.3. The van der Waals surface area contributed by atoms with Gasteiger partial charge >= 0.3 is 17.7 Å². The molecule has 1 aliphatic heterocycles. The number of aryl methyl sites for hydroxylation is 1. The number of nitro benzene ring substituents is 1. The van der Waals surface area contributed by atoms with Gasteiger partial charge in [-0.3, -0.25) is 10.1 Å². The molecule has 0 fully saturated rings. The predicted molar refractivity (Wildman–Crippen MR) is 128 cm³/mol. The van der Waals surface area contributed by atoms with Gasteiger partial charge in [-0.1, -0.05) is 36.8 Å². The zero-order valence-electron chi connectivity index (χ0n) is 20.3. The van der Waals surface area contributed by atoms with Gasteiger partial charge in [0.25, 0.3) is 0 Å². The molecule has 0 spiro atoms. The third kappa shape index (κ3) is 5.89. The highest BCUT2D eigenvalue weighted by atomic mass is 16.6. The number of allylic oxidation sites excluding steroid dienone is 1. The highest BCUT2D eigenvalue weighted by Crippen LogP contribution is 2.42. The van der Waals surface area contributed by atoms with E-state index >= 15 is 0 Å². The smallest absolute Gasteiger partial charge is 0.338 e. The number of hydrogen-bond acceptors (Lipinski definition) is 7. The lowest BCUT2D eigenvalue weighted by Crippen LogP contribution is -2.46. The van der Waals surface area contributed by atoms with Gasteiger partial charge in [0.1, 0.15) is 6.61 Å². The van der Waals surface area contributed by atoms with E-state index in [1.807, 2.05) is 31.2 Å². The first-order valence-corrected chi connectivity index (χ1v) is 11.2. The molecule has 1 atom stereocenters. The molecule has 0 aliphatic carbocycles. The summed E-state index contributed by atoms with van der Waals surface area (Å²) in [5.74, 6) is -0.576. The number of carbonyl (C=O) groups excluding carboxylic acids is 2. The minimum absolute atomic E-state index is 0.0481. The second kappa shape index (κ2) is 10.9. The number of ether oxygens (including phenoxy) is 3. The Bertz CT molecular complexity index is 1160. The lowest BCUT2D eigenvalue weighted by Gasteiger charge is -2.29. The van der Waals surface area contributed by atoms with E-state index in [0.717, 1.165) is 11.1 Å². The lowest BCUT2D eigenvalue weighted by molar-refractivity contribution is -0.386. The van der Waals surface area contributed by atoms with E-state index in [1.54, 1.807) is 20.8 Å². The maximum atomic E-state index is 12.9. The van der Waals surface area contributed by atoms with Crippen molar-refractivity contribution in [2.45, 2.75) is 52.9 Å². The first-order valence-electron chi connectivity index (χ1n) is 11.2. The normalized spacial score (nSPS) is 15.4. The SMILES string of the molecule is CCC1=C(C(=O)OC(C)C)C(c2cc(OC)c(OCc3ccc(C)cc3)c([N+](=O)[O-])c2)NC(=O)N1. The molecule has 1 heterocycles. The number of nitrogens with zero attached hydrogens (tertiary/aromatic N) is 1. The third-order valence-electron chi connectivity index (χ3n) is 5.38. The summed E-state index contributed by atoms with van der Waals surface area (Å²) in [5.41, 5.74) is 2.39. The molecule has 3 rings (SSSR count). The number of benzene rings is 2. The summed E-state index contributed by atoms with van der Waals surface area (Å²) in [4.78, 5) is 36.7. The van der Waals surface area contributed by atoms with Crippen molar-refractivity contribution in [3.8, 4) is 11.5 Å². The van der Waals surface area contributed by atoms with Crippen LogP contribution in [0.25, 0.3) is 0 Å². The minimum atomic E-state index is -0.983. The van der Waals surface area contributed by atoms with Crippen molar-refractivity contribution in [1.82, 2.24) is 10.6 Å². The van der Waals surface area contributed by atoms with Crippen molar-refractivity contribution in [3.63, 3.8) is 0 Å². The van der Waals surface area contributed by atoms with Crippen molar-refractivity contribution in [2.75, 3.05) is 7.11 Å². The molecule has 0 radical (unpaired) electrons. The van der Waals surface area contributed by atoms with E-state index in [4.69, 9.17) is 14.2 Å². The van der Waals surface area contributed by atoms with Crippen LogP contribution in [0.1, 0.15) is 49.9 Å². The molecule has 0 bridgehead atoms. The average Bonchev–Trinajstić information content (AvgIpc) is 2.81. The molecule has 0 saturated carbocycles. The van der Waals surface area contributed by atoms with Gasteiger partial charge in [-0.2, -0.15) is 0 Å². The fraction of sp³-hybridized carbons (Fsp3) is 0.360. The van der Waals surface area contributed by atoms with Gasteiger partial charge < -0.3 is 24.8 Å². The second-order valence-electron chi connectivity index (χ2n) is 8.33. The number of esters is 1. The molecular formula is C25H29N3O7. The molecule has 1 unspecified atom stereocenters. The van der Waals surface area contributed by atoms with Gasteiger partial charge in [0.2, 0.25) is 5.75 Å². The maximum absolute atomic E-state index is 12.9. The quantitative estimate of drug-likeness (QED) is 0.306. The summed E-state index contributed by atoms with van der Waals surface area (Å²) in [6, 6.07) is 8.86. The molecule has 186 valence electrons. The number of nitrogens with one attached hydrogen (secondary N) is 2. The van der Waals surface area contributed by atoms with Crippen LogP contribution in [0.15, 0.2) is 47.7 Å². The van der Waals surface area contributed by atoms with E-state index in [0.29, 0.717) is 12.1 Å². The highest BCUT2D eigenvalue weighted by molar-refractivity contribution is 5.95. The molecule has 10 nitrogen and oxygen atoms in total. The van der Waals surface area contributed by atoms with Crippen LogP contribution in [0.3, 0.4) is 0 Å². The van der Waals surface area contributed by atoms with Crippen LogP contribution in [-0.4, -0.2) is 30.1 Å². The summed E-state index contributed by atoms with van der Waals surface area (Å²) in [6.07, 6.45) is -0.0449. The van der Waals surface area contributed by atoms with E-state index in [2.05, 4.69) is 10.6 Å². The van der Waals surface area contributed by atoms with Crippen molar-refractivity contribution in [3.05, 3.63) is 74.5 Å². The molecule has 2 aromatic carbocycles.